The highest BCUT2D eigenvalue weighted by Crippen LogP contribution is 2.32. The van der Waals surface area contributed by atoms with Crippen molar-refractivity contribution in [2.75, 3.05) is 19.8 Å². The van der Waals surface area contributed by atoms with Gasteiger partial charge in [-0.2, -0.15) is 0 Å². The molecule has 0 atom stereocenters. The molecule has 2 aromatic rings. The molecule has 0 amide bonds. The number of imidazole rings is 1. The van der Waals surface area contributed by atoms with Gasteiger partial charge in [0, 0.05) is 19.8 Å². The Balaban J connectivity index is 1.99. The second kappa shape index (κ2) is 5.89. The van der Waals surface area contributed by atoms with Gasteiger partial charge in [-0.25, -0.2) is 9.37 Å². The lowest BCUT2D eigenvalue weighted by molar-refractivity contribution is 0.0843. The van der Waals surface area contributed by atoms with E-state index in [1.165, 1.54) is 0 Å². The van der Waals surface area contributed by atoms with E-state index in [9.17, 15) is 4.39 Å². The molecule has 0 bridgehead atoms. The number of hydrogen-bond acceptors (Lipinski definition) is 3. The summed E-state index contributed by atoms with van der Waals surface area (Å²) >= 11 is 0. The molecule has 0 spiro atoms. The molecular formula is C15H19FN2O2. The van der Waals surface area contributed by atoms with Crippen LogP contribution < -0.4 is 0 Å². The third-order valence-corrected chi connectivity index (χ3v) is 3.84. The van der Waals surface area contributed by atoms with E-state index in [1.54, 1.807) is 10.9 Å². The fourth-order valence-electron chi connectivity index (χ4n) is 2.75. The monoisotopic (exact) mass is 278 g/mol. The Morgan fingerprint density at radius 1 is 1.40 bits per heavy atom. The first-order valence-corrected chi connectivity index (χ1v) is 7.10. The summed E-state index contributed by atoms with van der Waals surface area (Å²) in [6, 6.07) is 3.76. The Morgan fingerprint density at radius 3 is 2.95 bits per heavy atom. The summed E-state index contributed by atoms with van der Waals surface area (Å²) in [5.41, 5.74) is 2.00. The minimum absolute atomic E-state index is 0.161. The van der Waals surface area contributed by atoms with Crippen molar-refractivity contribution in [1.82, 2.24) is 9.55 Å². The predicted molar refractivity (Wildman–Crippen MR) is 74.1 cm³/mol. The third kappa shape index (κ3) is 2.43. The Labute approximate surface area is 117 Å². The van der Waals surface area contributed by atoms with Crippen LogP contribution in [0.15, 0.2) is 18.5 Å². The standard InChI is InChI=1S/C15H19FN2O2/c1-2-19-10-18-9-17-13-4-3-12(14(16)15(13)18)11-5-7-20-8-6-11/h3-4,9,11H,2,5-8,10H2,1H3. The van der Waals surface area contributed by atoms with E-state index in [0.29, 0.717) is 37.6 Å². The maximum absolute atomic E-state index is 14.8. The van der Waals surface area contributed by atoms with Gasteiger partial charge in [-0.3, -0.25) is 0 Å². The summed E-state index contributed by atoms with van der Waals surface area (Å²) in [5.74, 6) is 0.0789. The van der Waals surface area contributed by atoms with Gasteiger partial charge in [0.2, 0.25) is 0 Å². The zero-order valence-corrected chi connectivity index (χ0v) is 11.6. The van der Waals surface area contributed by atoms with E-state index in [-0.39, 0.29) is 11.7 Å². The molecular weight excluding hydrogens is 259 g/mol. The Morgan fingerprint density at radius 2 is 2.20 bits per heavy atom. The summed E-state index contributed by atoms with van der Waals surface area (Å²) in [6.45, 7) is 4.27. The molecule has 3 rings (SSSR count). The second-order valence-corrected chi connectivity index (χ2v) is 5.06. The predicted octanol–water partition coefficient (Wildman–Crippen LogP) is 3.06. The fourth-order valence-corrected chi connectivity index (χ4v) is 2.75. The number of rotatable bonds is 4. The molecule has 1 aromatic heterocycles. The first kappa shape index (κ1) is 13.5. The van der Waals surface area contributed by atoms with Crippen LogP contribution in [0, 0.1) is 5.82 Å². The smallest absolute Gasteiger partial charge is 0.152 e. The number of aromatic nitrogens is 2. The minimum atomic E-state index is -0.161. The van der Waals surface area contributed by atoms with Gasteiger partial charge in [0.05, 0.1) is 11.8 Å². The summed E-state index contributed by atoms with van der Waals surface area (Å²) < 4.78 is 27.3. The highest BCUT2D eigenvalue weighted by atomic mass is 19.1. The van der Waals surface area contributed by atoms with Crippen LogP contribution in [-0.4, -0.2) is 29.4 Å². The van der Waals surface area contributed by atoms with Crippen molar-refractivity contribution in [3.05, 3.63) is 29.8 Å². The Bertz CT molecular complexity index is 591. The van der Waals surface area contributed by atoms with Crippen LogP contribution in [0.25, 0.3) is 11.0 Å². The highest BCUT2D eigenvalue weighted by molar-refractivity contribution is 5.77. The second-order valence-electron chi connectivity index (χ2n) is 5.06. The summed E-state index contributed by atoms with van der Waals surface area (Å²) in [6.07, 6.45) is 3.39. The molecule has 0 aliphatic carbocycles. The molecule has 2 heterocycles. The number of hydrogen-bond donors (Lipinski definition) is 0. The minimum Gasteiger partial charge on any atom is -0.381 e. The van der Waals surface area contributed by atoms with Gasteiger partial charge in [0.1, 0.15) is 12.2 Å². The number of nitrogens with zero attached hydrogens (tertiary/aromatic N) is 2. The lowest BCUT2D eigenvalue weighted by atomic mass is 9.91. The lowest BCUT2D eigenvalue weighted by Crippen LogP contribution is -2.15. The summed E-state index contributed by atoms with van der Waals surface area (Å²) in [4.78, 5) is 4.24. The largest absolute Gasteiger partial charge is 0.381 e. The van der Waals surface area contributed by atoms with Gasteiger partial charge in [-0.05, 0) is 37.3 Å². The number of benzene rings is 1. The Hall–Kier alpha value is -1.46. The van der Waals surface area contributed by atoms with E-state index >= 15 is 0 Å². The molecule has 1 fully saturated rings. The van der Waals surface area contributed by atoms with Crippen LogP contribution in [0.4, 0.5) is 4.39 Å². The van der Waals surface area contributed by atoms with Crippen molar-refractivity contribution < 1.29 is 13.9 Å². The molecule has 0 saturated carbocycles. The van der Waals surface area contributed by atoms with Crippen molar-refractivity contribution in [2.24, 2.45) is 0 Å². The van der Waals surface area contributed by atoms with Crippen LogP contribution >= 0.6 is 0 Å². The molecule has 20 heavy (non-hydrogen) atoms. The van der Waals surface area contributed by atoms with E-state index in [0.717, 1.165) is 18.4 Å². The molecule has 0 N–H and O–H groups in total. The van der Waals surface area contributed by atoms with Crippen LogP contribution in [0.2, 0.25) is 0 Å². The van der Waals surface area contributed by atoms with E-state index in [4.69, 9.17) is 9.47 Å². The highest BCUT2D eigenvalue weighted by Gasteiger charge is 2.22. The number of halogens is 1. The Kier molecular flexibility index (Phi) is 3.98. The molecule has 0 unspecified atom stereocenters. The van der Waals surface area contributed by atoms with Gasteiger partial charge < -0.3 is 14.0 Å². The van der Waals surface area contributed by atoms with Crippen LogP contribution in [0.5, 0.6) is 0 Å². The maximum Gasteiger partial charge on any atom is 0.152 e. The van der Waals surface area contributed by atoms with Gasteiger partial charge in [0.25, 0.3) is 0 Å². The third-order valence-electron chi connectivity index (χ3n) is 3.84. The molecule has 108 valence electrons. The lowest BCUT2D eigenvalue weighted by Gasteiger charge is -2.23. The topological polar surface area (TPSA) is 36.3 Å². The fraction of sp³-hybridized carbons (Fsp3) is 0.533. The summed E-state index contributed by atoms with van der Waals surface area (Å²) in [5, 5.41) is 0. The molecule has 0 radical (unpaired) electrons. The van der Waals surface area contributed by atoms with Crippen LogP contribution in [0.1, 0.15) is 31.2 Å². The maximum atomic E-state index is 14.8. The zero-order chi connectivity index (χ0) is 13.9. The van der Waals surface area contributed by atoms with Gasteiger partial charge in [-0.15, -0.1) is 0 Å². The van der Waals surface area contributed by atoms with Crippen LogP contribution in [-0.2, 0) is 16.2 Å². The quantitative estimate of drug-likeness (QED) is 0.862. The normalized spacial score (nSPS) is 16.9. The zero-order valence-electron chi connectivity index (χ0n) is 11.6. The van der Waals surface area contributed by atoms with Crippen molar-refractivity contribution in [3.8, 4) is 0 Å². The number of ether oxygens (including phenoxy) is 2. The van der Waals surface area contributed by atoms with Gasteiger partial charge >= 0.3 is 0 Å². The van der Waals surface area contributed by atoms with Crippen molar-refractivity contribution in [1.29, 1.82) is 0 Å². The van der Waals surface area contributed by atoms with Crippen molar-refractivity contribution in [3.63, 3.8) is 0 Å². The van der Waals surface area contributed by atoms with E-state index < -0.39 is 0 Å². The van der Waals surface area contributed by atoms with Crippen molar-refractivity contribution in [2.45, 2.75) is 32.4 Å². The molecule has 5 heteroatoms. The van der Waals surface area contributed by atoms with Gasteiger partial charge in [0.15, 0.2) is 5.82 Å². The number of fused-ring (bicyclic) bond motifs is 1. The van der Waals surface area contributed by atoms with Gasteiger partial charge in [-0.1, -0.05) is 6.07 Å². The van der Waals surface area contributed by atoms with E-state index in [2.05, 4.69) is 4.98 Å². The molecule has 1 saturated heterocycles. The average Bonchev–Trinajstić information content (AvgIpc) is 2.90. The molecule has 1 aromatic carbocycles. The average molecular weight is 278 g/mol. The van der Waals surface area contributed by atoms with Crippen LogP contribution in [0.3, 0.4) is 0 Å². The molecule has 4 nitrogen and oxygen atoms in total. The van der Waals surface area contributed by atoms with E-state index in [1.807, 2.05) is 19.1 Å². The molecule has 1 aliphatic rings. The first-order valence-electron chi connectivity index (χ1n) is 7.10. The summed E-state index contributed by atoms with van der Waals surface area (Å²) in [7, 11) is 0. The first-order chi connectivity index (χ1) is 9.81. The SMILES string of the molecule is CCOCn1cnc2ccc(C3CCOCC3)c(F)c21. The molecule has 1 aliphatic heterocycles. The van der Waals surface area contributed by atoms with Crippen molar-refractivity contribution >= 4 is 11.0 Å².